The summed E-state index contributed by atoms with van der Waals surface area (Å²) in [5.41, 5.74) is -0.696. The van der Waals surface area contributed by atoms with E-state index in [1.807, 2.05) is 6.07 Å². The van der Waals surface area contributed by atoms with Crippen molar-refractivity contribution in [3.63, 3.8) is 0 Å². The van der Waals surface area contributed by atoms with Crippen LogP contribution in [-0.2, 0) is 16.3 Å². The van der Waals surface area contributed by atoms with Gasteiger partial charge in [0.05, 0.1) is 27.9 Å². The Balaban J connectivity index is 2.36. The second kappa shape index (κ2) is 4.63. The molecule has 0 saturated carbocycles. The molecule has 0 aliphatic carbocycles. The molecule has 1 unspecified atom stereocenters. The number of nitro benzene ring substituents is 1. The number of para-hydroxylation sites is 1. The fourth-order valence-electron chi connectivity index (χ4n) is 2.39. The van der Waals surface area contributed by atoms with E-state index < -0.39 is 20.2 Å². The molecule has 0 bridgehead atoms. The lowest BCUT2D eigenvalue weighted by atomic mass is 9.82. The molecule has 1 fully saturated rings. The van der Waals surface area contributed by atoms with Gasteiger partial charge in [0, 0.05) is 11.6 Å². The summed E-state index contributed by atoms with van der Waals surface area (Å²) in [5.74, 6) is -0.246. The normalized spacial score (nSPS) is 24.8. The first kappa shape index (κ1) is 13.5. The van der Waals surface area contributed by atoms with Crippen molar-refractivity contribution in [3.8, 4) is 6.07 Å². The summed E-state index contributed by atoms with van der Waals surface area (Å²) in [6, 6.07) is 8.18. The smallest absolute Gasteiger partial charge is 0.258 e. The van der Waals surface area contributed by atoms with Crippen LogP contribution in [0.1, 0.15) is 12.0 Å². The van der Waals surface area contributed by atoms with Gasteiger partial charge in [0.2, 0.25) is 0 Å². The van der Waals surface area contributed by atoms with Crippen LogP contribution in [0.4, 0.5) is 5.69 Å². The zero-order chi connectivity index (χ0) is 14.1. The molecule has 1 heterocycles. The van der Waals surface area contributed by atoms with E-state index in [0.29, 0.717) is 5.56 Å². The van der Waals surface area contributed by atoms with Gasteiger partial charge in [0.25, 0.3) is 5.69 Å². The number of nitrogens with zero attached hydrogens (tertiary/aromatic N) is 2. The topological polar surface area (TPSA) is 101 Å². The lowest BCUT2D eigenvalue weighted by Gasteiger charge is -2.18. The van der Waals surface area contributed by atoms with Crippen LogP contribution in [0.25, 0.3) is 0 Å². The third kappa shape index (κ3) is 2.74. The van der Waals surface area contributed by atoms with Gasteiger partial charge in [-0.15, -0.1) is 0 Å². The van der Waals surface area contributed by atoms with Crippen LogP contribution in [0.15, 0.2) is 24.3 Å². The minimum atomic E-state index is -3.21. The zero-order valence-corrected chi connectivity index (χ0v) is 10.9. The second-order valence-corrected chi connectivity index (χ2v) is 6.98. The van der Waals surface area contributed by atoms with Crippen LogP contribution in [0, 0.1) is 26.9 Å². The molecule has 1 aromatic rings. The number of hydrogen-bond acceptors (Lipinski definition) is 5. The first-order valence-corrected chi connectivity index (χ1v) is 7.54. The zero-order valence-electron chi connectivity index (χ0n) is 10.1. The quantitative estimate of drug-likeness (QED) is 0.616. The predicted molar refractivity (Wildman–Crippen MR) is 68.1 cm³/mol. The van der Waals surface area contributed by atoms with E-state index in [2.05, 4.69) is 0 Å². The van der Waals surface area contributed by atoms with Crippen molar-refractivity contribution in [1.82, 2.24) is 0 Å². The summed E-state index contributed by atoms with van der Waals surface area (Å²) in [7, 11) is -3.21. The van der Waals surface area contributed by atoms with E-state index in [4.69, 9.17) is 0 Å². The molecule has 0 amide bonds. The highest BCUT2D eigenvalue weighted by Gasteiger charge is 2.43. The van der Waals surface area contributed by atoms with Crippen molar-refractivity contribution in [2.45, 2.75) is 12.8 Å². The average Bonchev–Trinajstić information content (AvgIpc) is 2.66. The van der Waals surface area contributed by atoms with E-state index in [-0.39, 0.29) is 30.0 Å². The average molecular weight is 280 g/mol. The van der Waals surface area contributed by atoms with Crippen LogP contribution < -0.4 is 0 Å². The summed E-state index contributed by atoms with van der Waals surface area (Å²) in [6.07, 6.45) is 0.331. The summed E-state index contributed by atoms with van der Waals surface area (Å²) in [4.78, 5) is 10.4. The van der Waals surface area contributed by atoms with Crippen molar-refractivity contribution < 1.29 is 13.3 Å². The van der Waals surface area contributed by atoms with Gasteiger partial charge in [-0.1, -0.05) is 18.2 Å². The van der Waals surface area contributed by atoms with Crippen molar-refractivity contribution in [3.05, 3.63) is 39.9 Å². The maximum Gasteiger partial charge on any atom is 0.272 e. The molecular formula is C12H12N2O4S. The molecule has 2 rings (SSSR count). The van der Waals surface area contributed by atoms with E-state index in [0.717, 1.165) is 0 Å². The Kier molecular flexibility index (Phi) is 3.28. The van der Waals surface area contributed by atoms with Crippen molar-refractivity contribution in [2.75, 3.05) is 11.5 Å². The maximum atomic E-state index is 11.5. The second-order valence-electron chi connectivity index (χ2n) is 4.80. The fraction of sp³-hybridized carbons (Fsp3) is 0.417. The van der Waals surface area contributed by atoms with E-state index in [9.17, 15) is 23.8 Å². The van der Waals surface area contributed by atoms with Crippen molar-refractivity contribution in [2.24, 2.45) is 5.41 Å². The monoisotopic (exact) mass is 280 g/mol. The standard InChI is InChI=1S/C12H12N2O4S/c13-8-12(5-6-19(17,18)9-12)7-10-3-1-2-4-11(10)14(15)16/h1-4H,5-7,9H2. The number of sulfone groups is 1. The molecule has 1 aliphatic heterocycles. The largest absolute Gasteiger partial charge is 0.272 e. The molecule has 1 aromatic carbocycles. The van der Waals surface area contributed by atoms with Gasteiger partial charge in [-0.2, -0.15) is 5.26 Å². The van der Waals surface area contributed by atoms with Crippen molar-refractivity contribution >= 4 is 15.5 Å². The van der Waals surface area contributed by atoms with Crippen LogP contribution in [-0.4, -0.2) is 24.8 Å². The van der Waals surface area contributed by atoms with Gasteiger partial charge in [-0.3, -0.25) is 10.1 Å². The minimum absolute atomic E-state index is 0.0266. The van der Waals surface area contributed by atoms with Crippen LogP contribution in [0.2, 0.25) is 0 Å². The lowest BCUT2D eigenvalue weighted by molar-refractivity contribution is -0.385. The van der Waals surface area contributed by atoms with Gasteiger partial charge in [-0.05, 0) is 12.8 Å². The van der Waals surface area contributed by atoms with Gasteiger partial charge >= 0.3 is 0 Å². The molecule has 6 nitrogen and oxygen atoms in total. The molecular weight excluding hydrogens is 268 g/mol. The third-order valence-electron chi connectivity index (χ3n) is 3.34. The minimum Gasteiger partial charge on any atom is -0.258 e. The molecule has 7 heteroatoms. The Morgan fingerprint density at radius 1 is 1.42 bits per heavy atom. The predicted octanol–water partition coefficient (Wildman–Crippen LogP) is 1.47. The number of nitriles is 1. The SMILES string of the molecule is N#CC1(Cc2ccccc2[N+](=O)[O-])CCS(=O)(=O)C1. The molecule has 0 spiro atoms. The Morgan fingerprint density at radius 3 is 2.63 bits per heavy atom. The third-order valence-corrected chi connectivity index (χ3v) is 5.16. The number of benzene rings is 1. The van der Waals surface area contributed by atoms with Crippen LogP contribution in [0.5, 0.6) is 0 Å². The highest BCUT2D eigenvalue weighted by molar-refractivity contribution is 7.91. The van der Waals surface area contributed by atoms with Crippen LogP contribution in [0.3, 0.4) is 0 Å². The molecule has 0 aromatic heterocycles. The number of nitro groups is 1. The van der Waals surface area contributed by atoms with E-state index in [1.54, 1.807) is 18.2 Å². The molecule has 1 aliphatic rings. The first-order chi connectivity index (χ1) is 8.87. The molecule has 100 valence electrons. The Morgan fingerprint density at radius 2 is 2.11 bits per heavy atom. The summed E-state index contributed by atoms with van der Waals surface area (Å²) >= 11 is 0. The van der Waals surface area contributed by atoms with Gasteiger partial charge in [-0.25, -0.2) is 8.42 Å². The summed E-state index contributed by atoms with van der Waals surface area (Å²) in [6.45, 7) is 0. The first-order valence-electron chi connectivity index (χ1n) is 5.71. The summed E-state index contributed by atoms with van der Waals surface area (Å²) in [5, 5.41) is 20.2. The molecule has 1 saturated heterocycles. The Labute approximate surface area is 110 Å². The molecule has 0 radical (unpaired) electrons. The Hall–Kier alpha value is -1.94. The van der Waals surface area contributed by atoms with Crippen LogP contribution >= 0.6 is 0 Å². The van der Waals surface area contributed by atoms with Gasteiger partial charge in [0.1, 0.15) is 0 Å². The van der Waals surface area contributed by atoms with Crippen molar-refractivity contribution in [1.29, 1.82) is 5.26 Å². The van der Waals surface area contributed by atoms with Gasteiger partial charge < -0.3 is 0 Å². The Bertz CT molecular complexity index is 663. The van der Waals surface area contributed by atoms with E-state index in [1.165, 1.54) is 6.07 Å². The maximum absolute atomic E-state index is 11.5. The lowest BCUT2D eigenvalue weighted by Crippen LogP contribution is -2.23. The highest BCUT2D eigenvalue weighted by atomic mass is 32.2. The molecule has 19 heavy (non-hydrogen) atoms. The van der Waals surface area contributed by atoms with Gasteiger partial charge in [0.15, 0.2) is 9.84 Å². The highest BCUT2D eigenvalue weighted by Crippen LogP contribution is 2.37. The molecule has 0 N–H and O–H groups in total. The number of hydrogen-bond donors (Lipinski definition) is 0. The number of rotatable bonds is 3. The van der Waals surface area contributed by atoms with E-state index >= 15 is 0 Å². The molecule has 1 atom stereocenters. The summed E-state index contributed by atoms with van der Waals surface area (Å²) < 4.78 is 23.1. The fourth-order valence-corrected chi connectivity index (χ4v) is 4.39.